The van der Waals surface area contributed by atoms with Crippen LogP contribution in [0.1, 0.15) is 30.5 Å². The molecule has 3 aromatic rings. The number of hydrazine groups is 1. The monoisotopic (exact) mass is 538 g/mol. The van der Waals surface area contributed by atoms with Crippen LogP contribution in [-0.2, 0) is 15.1 Å². The summed E-state index contributed by atoms with van der Waals surface area (Å²) in [6, 6.07) is 14.7. The van der Waals surface area contributed by atoms with E-state index in [9.17, 15) is 4.79 Å². The van der Waals surface area contributed by atoms with Crippen molar-refractivity contribution in [3.05, 3.63) is 88.7 Å². The first-order valence-electron chi connectivity index (χ1n) is 11.6. The van der Waals surface area contributed by atoms with Crippen LogP contribution in [0.15, 0.2) is 67.0 Å². The first-order valence-corrected chi connectivity index (χ1v) is 12.4. The predicted octanol–water partition coefficient (Wildman–Crippen LogP) is 5.13. The van der Waals surface area contributed by atoms with E-state index >= 15 is 0 Å². The van der Waals surface area contributed by atoms with E-state index in [0.29, 0.717) is 27.3 Å². The number of aromatic nitrogens is 1. The Labute approximate surface area is 226 Å². The lowest BCUT2D eigenvalue weighted by Crippen LogP contribution is -2.41. The fraction of sp³-hybridized carbons (Fsp3) is 0.222. The van der Waals surface area contributed by atoms with Gasteiger partial charge in [0.2, 0.25) is 0 Å². The number of hydrogen-bond acceptors (Lipinski definition) is 7. The number of ether oxygens (including phenoxy) is 3. The molecule has 8 nitrogen and oxygen atoms in total. The van der Waals surface area contributed by atoms with Crippen LogP contribution in [0.3, 0.4) is 0 Å². The third-order valence-corrected chi connectivity index (χ3v) is 6.32. The molecule has 0 aliphatic carbocycles. The minimum absolute atomic E-state index is 0.196. The quantitative estimate of drug-likeness (QED) is 0.205. The highest BCUT2D eigenvalue weighted by molar-refractivity contribution is 7.80. The Morgan fingerprint density at radius 1 is 1.22 bits per heavy atom. The molecule has 2 aromatic carbocycles. The summed E-state index contributed by atoms with van der Waals surface area (Å²) in [5.41, 5.74) is 9.39. The van der Waals surface area contributed by atoms with Crippen molar-refractivity contribution in [1.82, 2.24) is 15.8 Å². The number of pyridine rings is 1. The Morgan fingerprint density at radius 3 is 2.81 bits per heavy atom. The van der Waals surface area contributed by atoms with E-state index in [1.54, 1.807) is 37.5 Å². The summed E-state index contributed by atoms with van der Waals surface area (Å²) in [4.78, 5) is 16.0. The Hall–Kier alpha value is -3.82. The minimum Gasteiger partial charge on any atom is -0.482 e. The van der Waals surface area contributed by atoms with Crippen LogP contribution in [0.2, 0.25) is 5.02 Å². The number of carbonyl (C=O) groups excluding carboxylic acids is 1. The number of halogens is 1. The number of fused-ring (bicyclic) bond motifs is 1. The molecule has 1 atom stereocenters. The molecule has 37 heavy (non-hydrogen) atoms. The van der Waals surface area contributed by atoms with Gasteiger partial charge in [0.15, 0.2) is 17.3 Å². The summed E-state index contributed by atoms with van der Waals surface area (Å²) in [6.45, 7) is 5.70. The summed E-state index contributed by atoms with van der Waals surface area (Å²) in [7, 11) is 0. The molecule has 0 fully saturated rings. The van der Waals surface area contributed by atoms with E-state index in [0.717, 1.165) is 22.4 Å². The van der Waals surface area contributed by atoms with Gasteiger partial charge in [-0.3, -0.25) is 15.8 Å². The van der Waals surface area contributed by atoms with Crippen LogP contribution >= 0.6 is 23.8 Å². The van der Waals surface area contributed by atoms with Gasteiger partial charge in [0, 0.05) is 34.2 Å². The summed E-state index contributed by atoms with van der Waals surface area (Å²) in [5, 5.41) is 4.14. The van der Waals surface area contributed by atoms with Crippen molar-refractivity contribution in [3.8, 4) is 11.5 Å². The molecule has 0 saturated heterocycles. The van der Waals surface area contributed by atoms with Crippen molar-refractivity contribution >= 4 is 46.3 Å². The Morgan fingerprint density at radius 2 is 2.05 bits per heavy atom. The molecule has 192 valence electrons. The number of thiocarbonyl (C=S) groups is 1. The summed E-state index contributed by atoms with van der Waals surface area (Å²) >= 11 is 11.7. The fourth-order valence-corrected chi connectivity index (χ4v) is 4.11. The van der Waals surface area contributed by atoms with E-state index in [2.05, 4.69) is 21.2 Å². The van der Waals surface area contributed by atoms with E-state index in [1.165, 1.54) is 0 Å². The first-order chi connectivity index (χ1) is 17.8. The molecule has 4 rings (SSSR count). The Balaban J connectivity index is 1.58. The van der Waals surface area contributed by atoms with Crippen molar-refractivity contribution in [2.75, 3.05) is 18.5 Å². The average Bonchev–Trinajstić information content (AvgIpc) is 2.89. The number of carbonyl (C=O) groups is 1. The van der Waals surface area contributed by atoms with Gasteiger partial charge in [-0.1, -0.05) is 23.7 Å². The third kappa shape index (κ3) is 6.31. The van der Waals surface area contributed by atoms with Gasteiger partial charge in [0.05, 0.1) is 12.3 Å². The fourth-order valence-electron chi connectivity index (χ4n) is 3.78. The number of hydrogen-bond donors (Lipinski definition) is 3. The van der Waals surface area contributed by atoms with Gasteiger partial charge in [0.25, 0.3) is 0 Å². The number of esters is 1. The number of nitrogens with one attached hydrogen (secondary N) is 3. The Kier molecular flexibility index (Phi) is 8.15. The van der Waals surface area contributed by atoms with Crippen molar-refractivity contribution < 1.29 is 19.0 Å². The van der Waals surface area contributed by atoms with Gasteiger partial charge in [-0.25, -0.2) is 4.79 Å². The van der Waals surface area contributed by atoms with Gasteiger partial charge < -0.3 is 19.5 Å². The second-order valence-corrected chi connectivity index (χ2v) is 9.19. The van der Waals surface area contributed by atoms with Crippen molar-refractivity contribution in [2.24, 2.45) is 0 Å². The zero-order chi connectivity index (χ0) is 26.4. The highest BCUT2D eigenvalue weighted by atomic mass is 35.5. The molecular weight excluding hydrogens is 512 g/mol. The first kappa shape index (κ1) is 26.2. The molecule has 0 bridgehead atoms. The lowest BCUT2D eigenvalue weighted by Gasteiger charge is -2.34. The molecule has 0 saturated carbocycles. The largest absolute Gasteiger partial charge is 0.482 e. The van der Waals surface area contributed by atoms with Gasteiger partial charge in [-0.15, -0.1) is 0 Å². The van der Waals surface area contributed by atoms with Gasteiger partial charge in [0.1, 0.15) is 11.5 Å². The summed E-state index contributed by atoms with van der Waals surface area (Å²) in [5.74, 6) is 0.665. The van der Waals surface area contributed by atoms with Crippen LogP contribution in [0, 0.1) is 6.92 Å². The SMILES string of the molecule is CCOC(=O)COc1ccc2c(c1)C(NNC(=S)Nc1cccc(Cl)c1C)=CC(C)(c1cccnc1)O2. The number of nitrogens with zero attached hydrogens (tertiary/aromatic N) is 1. The number of anilines is 1. The lowest BCUT2D eigenvalue weighted by molar-refractivity contribution is -0.145. The molecule has 1 aliphatic rings. The van der Waals surface area contributed by atoms with Gasteiger partial charge in [-0.05, 0) is 81.0 Å². The molecule has 10 heteroatoms. The molecule has 3 N–H and O–H groups in total. The predicted molar refractivity (Wildman–Crippen MR) is 147 cm³/mol. The highest BCUT2D eigenvalue weighted by Gasteiger charge is 2.33. The second-order valence-electron chi connectivity index (χ2n) is 8.38. The van der Waals surface area contributed by atoms with E-state index in [4.69, 9.17) is 38.0 Å². The van der Waals surface area contributed by atoms with E-state index in [-0.39, 0.29) is 13.2 Å². The van der Waals surface area contributed by atoms with Gasteiger partial charge >= 0.3 is 5.97 Å². The molecule has 1 aromatic heterocycles. The molecular formula is C27H27ClN4O4S. The molecule has 0 spiro atoms. The third-order valence-electron chi connectivity index (χ3n) is 5.71. The maximum atomic E-state index is 11.7. The second kappa shape index (κ2) is 11.5. The summed E-state index contributed by atoms with van der Waals surface area (Å²) < 4.78 is 17.0. The van der Waals surface area contributed by atoms with Crippen molar-refractivity contribution in [3.63, 3.8) is 0 Å². The smallest absolute Gasteiger partial charge is 0.344 e. The minimum atomic E-state index is -0.808. The van der Waals surface area contributed by atoms with Crippen molar-refractivity contribution in [1.29, 1.82) is 0 Å². The highest BCUT2D eigenvalue weighted by Crippen LogP contribution is 2.41. The van der Waals surface area contributed by atoms with Crippen molar-refractivity contribution in [2.45, 2.75) is 26.4 Å². The average molecular weight is 539 g/mol. The van der Waals surface area contributed by atoms with E-state index in [1.807, 2.05) is 50.3 Å². The van der Waals surface area contributed by atoms with Gasteiger partial charge in [-0.2, -0.15) is 0 Å². The maximum absolute atomic E-state index is 11.7. The Bertz CT molecular complexity index is 1340. The topological polar surface area (TPSA) is 93.7 Å². The number of benzene rings is 2. The lowest BCUT2D eigenvalue weighted by atomic mass is 9.91. The zero-order valence-corrected chi connectivity index (χ0v) is 22.2. The normalized spacial score (nSPS) is 15.9. The maximum Gasteiger partial charge on any atom is 0.344 e. The standard InChI is InChI=1S/C27H27ClN4O4S/c1-4-34-25(33)16-35-19-10-11-24-20(13-19)23(14-27(3,36-24)18-7-6-12-29-15-18)31-32-26(37)30-22-9-5-8-21(28)17(22)2/h5-15,31H,4,16H2,1-3H3,(H2,30,32,37). The molecule has 0 radical (unpaired) electrons. The molecule has 1 aliphatic heterocycles. The molecule has 1 unspecified atom stereocenters. The zero-order valence-electron chi connectivity index (χ0n) is 20.6. The van der Waals surface area contributed by atoms with Crippen LogP contribution in [0.25, 0.3) is 5.70 Å². The van der Waals surface area contributed by atoms with Crippen LogP contribution in [0.4, 0.5) is 5.69 Å². The van der Waals surface area contributed by atoms with Crippen LogP contribution in [-0.4, -0.2) is 29.3 Å². The molecule has 0 amide bonds. The molecule has 2 heterocycles. The van der Waals surface area contributed by atoms with Crippen LogP contribution < -0.4 is 25.6 Å². The van der Waals surface area contributed by atoms with E-state index < -0.39 is 11.6 Å². The number of rotatable bonds is 8. The summed E-state index contributed by atoms with van der Waals surface area (Å²) in [6.07, 6.45) is 5.41. The van der Waals surface area contributed by atoms with Crippen LogP contribution in [0.5, 0.6) is 11.5 Å².